The third kappa shape index (κ3) is 3.61. The molecular formula is C9H13FN4O. The van der Waals surface area contributed by atoms with Crippen molar-refractivity contribution in [1.29, 1.82) is 0 Å². The average Bonchev–Trinajstić information content (AvgIpc) is 2.26. The highest BCUT2D eigenvalue weighted by Gasteiger charge is 2.02. The van der Waals surface area contributed by atoms with Gasteiger partial charge in [0.05, 0.1) is 19.3 Å². The molecule has 0 aliphatic carbocycles. The molecule has 0 saturated carbocycles. The first-order chi connectivity index (χ1) is 7.27. The van der Waals surface area contributed by atoms with Gasteiger partial charge in [-0.25, -0.2) is 15.2 Å². The topological polar surface area (TPSA) is 72.5 Å². The quantitative estimate of drug-likeness (QED) is 0.244. The monoisotopic (exact) mass is 212 g/mol. The number of rotatable bonds is 4. The molecule has 82 valence electrons. The van der Waals surface area contributed by atoms with Gasteiger partial charge in [-0.15, -0.1) is 0 Å². The Morgan fingerprint density at radius 1 is 1.67 bits per heavy atom. The summed E-state index contributed by atoms with van der Waals surface area (Å²) in [4.78, 5) is 7.94. The molecule has 0 aromatic carbocycles. The van der Waals surface area contributed by atoms with Crippen molar-refractivity contribution in [3.8, 4) is 0 Å². The standard InChI is InChI=1S/C9H13FN4O/c1-15-5-4-12-9(14-11)8-3-2-7(10)6-13-8/h2-3,6H,4-5,11H2,1H3,(H,12,14). The van der Waals surface area contributed by atoms with Crippen molar-refractivity contribution >= 4 is 5.84 Å². The average molecular weight is 212 g/mol. The molecule has 0 fully saturated rings. The fraction of sp³-hybridized carbons (Fsp3) is 0.333. The number of amidine groups is 1. The van der Waals surface area contributed by atoms with Gasteiger partial charge in [-0.3, -0.25) is 4.99 Å². The number of nitrogens with two attached hydrogens (primary N) is 1. The van der Waals surface area contributed by atoms with Gasteiger partial charge in [0.2, 0.25) is 0 Å². The van der Waals surface area contributed by atoms with Gasteiger partial charge < -0.3 is 10.2 Å². The van der Waals surface area contributed by atoms with Gasteiger partial charge >= 0.3 is 0 Å². The summed E-state index contributed by atoms with van der Waals surface area (Å²) in [6, 6.07) is 2.80. The number of hydrazine groups is 1. The third-order valence-electron chi connectivity index (χ3n) is 1.67. The Bertz CT molecular complexity index is 325. The fourth-order valence-corrected chi connectivity index (χ4v) is 0.965. The van der Waals surface area contributed by atoms with Gasteiger partial charge in [-0.05, 0) is 12.1 Å². The molecule has 0 spiro atoms. The maximum absolute atomic E-state index is 12.6. The lowest BCUT2D eigenvalue weighted by Crippen LogP contribution is -2.32. The van der Waals surface area contributed by atoms with Gasteiger partial charge in [0.15, 0.2) is 5.84 Å². The lowest BCUT2D eigenvalue weighted by atomic mass is 10.3. The number of aliphatic imine (C=N–C) groups is 1. The number of nitrogens with zero attached hydrogens (tertiary/aromatic N) is 2. The lowest BCUT2D eigenvalue weighted by Gasteiger charge is -2.04. The van der Waals surface area contributed by atoms with Crippen LogP contribution in [0.25, 0.3) is 0 Å². The van der Waals surface area contributed by atoms with Crippen molar-refractivity contribution in [1.82, 2.24) is 10.4 Å². The van der Waals surface area contributed by atoms with Crippen LogP contribution in [0.15, 0.2) is 23.3 Å². The Kier molecular flexibility index (Phi) is 4.65. The molecule has 0 radical (unpaired) electrons. The van der Waals surface area contributed by atoms with E-state index in [2.05, 4.69) is 15.4 Å². The summed E-state index contributed by atoms with van der Waals surface area (Å²) in [7, 11) is 1.58. The van der Waals surface area contributed by atoms with Gasteiger partial charge in [-0.2, -0.15) is 0 Å². The summed E-state index contributed by atoms with van der Waals surface area (Å²) in [5.74, 6) is 5.28. The summed E-state index contributed by atoms with van der Waals surface area (Å²) in [5, 5.41) is 0. The van der Waals surface area contributed by atoms with Crippen LogP contribution < -0.4 is 11.3 Å². The number of hydrogen-bond donors (Lipinski definition) is 2. The number of pyridine rings is 1. The molecule has 0 aliphatic rings. The van der Waals surface area contributed by atoms with E-state index in [4.69, 9.17) is 10.6 Å². The highest BCUT2D eigenvalue weighted by molar-refractivity contribution is 5.96. The molecule has 0 bridgehead atoms. The van der Waals surface area contributed by atoms with E-state index < -0.39 is 5.82 Å². The van der Waals surface area contributed by atoms with Crippen LogP contribution in [-0.2, 0) is 4.74 Å². The molecule has 1 heterocycles. The number of halogens is 1. The molecule has 0 aliphatic heterocycles. The van der Waals surface area contributed by atoms with Gasteiger partial charge in [-0.1, -0.05) is 0 Å². The molecule has 0 saturated heterocycles. The molecule has 0 unspecified atom stereocenters. The van der Waals surface area contributed by atoms with E-state index in [0.717, 1.165) is 6.20 Å². The summed E-state index contributed by atoms with van der Waals surface area (Å²) >= 11 is 0. The number of hydrogen-bond acceptors (Lipinski definition) is 4. The number of aromatic nitrogens is 1. The molecule has 0 atom stereocenters. The van der Waals surface area contributed by atoms with Crippen LogP contribution in [0.4, 0.5) is 4.39 Å². The van der Waals surface area contributed by atoms with Gasteiger partial charge in [0, 0.05) is 7.11 Å². The summed E-state index contributed by atoms with van der Waals surface area (Å²) in [5.41, 5.74) is 2.90. The molecule has 0 amide bonds. The second-order valence-electron chi connectivity index (χ2n) is 2.73. The second kappa shape index (κ2) is 6.05. The highest BCUT2D eigenvalue weighted by atomic mass is 19.1. The van der Waals surface area contributed by atoms with E-state index in [1.165, 1.54) is 12.1 Å². The molecular weight excluding hydrogens is 199 g/mol. The van der Waals surface area contributed by atoms with Crippen LogP contribution in [0, 0.1) is 5.82 Å². The molecule has 1 aromatic heterocycles. The smallest absolute Gasteiger partial charge is 0.161 e. The van der Waals surface area contributed by atoms with Crippen LogP contribution >= 0.6 is 0 Å². The second-order valence-corrected chi connectivity index (χ2v) is 2.73. The lowest BCUT2D eigenvalue weighted by molar-refractivity contribution is 0.208. The Balaban J connectivity index is 2.73. The Labute approximate surface area is 87.1 Å². The SMILES string of the molecule is COCCN=C(NN)c1ccc(F)cn1. The first kappa shape index (κ1) is 11.5. The Morgan fingerprint density at radius 2 is 2.47 bits per heavy atom. The predicted octanol–water partition coefficient (Wildman–Crippen LogP) is 0.0770. The van der Waals surface area contributed by atoms with Crippen LogP contribution in [0.1, 0.15) is 5.69 Å². The maximum atomic E-state index is 12.6. The Morgan fingerprint density at radius 3 is 3.00 bits per heavy atom. The Hall–Kier alpha value is -1.53. The number of ether oxygens (including phenoxy) is 1. The summed E-state index contributed by atoms with van der Waals surface area (Å²) in [6.45, 7) is 0.960. The number of methoxy groups -OCH3 is 1. The highest BCUT2D eigenvalue weighted by Crippen LogP contribution is 1.98. The zero-order valence-electron chi connectivity index (χ0n) is 8.40. The van der Waals surface area contributed by atoms with Crippen LogP contribution in [0.5, 0.6) is 0 Å². The molecule has 3 N–H and O–H groups in total. The number of nitrogens with one attached hydrogen (secondary N) is 1. The summed E-state index contributed by atoms with van der Waals surface area (Å²) < 4.78 is 17.4. The van der Waals surface area contributed by atoms with E-state index in [1.807, 2.05) is 0 Å². The predicted molar refractivity (Wildman–Crippen MR) is 54.8 cm³/mol. The molecule has 5 nitrogen and oxygen atoms in total. The van der Waals surface area contributed by atoms with Gasteiger partial charge in [0.1, 0.15) is 11.5 Å². The van der Waals surface area contributed by atoms with Crippen molar-refractivity contribution < 1.29 is 9.13 Å². The van der Waals surface area contributed by atoms with Crippen molar-refractivity contribution in [3.63, 3.8) is 0 Å². The normalized spacial score (nSPS) is 11.5. The minimum Gasteiger partial charge on any atom is -0.383 e. The van der Waals surface area contributed by atoms with Crippen molar-refractivity contribution in [3.05, 3.63) is 29.8 Å². The van der Waals surface area contributed by atoms with Crippen LogP contribution in [0.2, 0.25) is 0 Å². The molecule has 1 aromatic rings. The van der Waals surface area contributed by atoms with Gasteiger partial charge in [0.25, 0.3) is 0 Å². The van der Waals surface area contributed by atoms with Crippen LogP contribution in [-0.4, -0.2) is 31.1 Å². The summed E-state index contributed by atoms with van der Waals surface area (Å²) in [6.07, 6.45) is 1.11. The maximum Gasteiger partial charge on any atom is 0.161 e. The van der Waals surface area contributed by atoms with E-state index in [9.17, 15) is 4.39 Å². The van der Waals surface area contributed by atoms with E-state index >= 15 is 0 Å². The first-order valence-electron chi connectivity index (χ1n) is 4.40. The zero-order valence-corrected chi connectivity index (χ0v) is 8.40. The third-order valence-corrected chi connectivity index (χ3v) is 1.67. The minimum absolute atomic E-state index is 0.396. The van der Waals surface area contributed by atoms with Crippen LogP contribution in [0.3, 0.4) is 0 Å². The first-order valence-corrected chi connectivity index (χ1v) is 4.40. The molecule has 1 rings (SSSR count). The zero-order chi connectivity index (χ0) is 11.1. The van der Waals surface area contributed by atoms with Crippen molar-refractivity contribution in [2.45, 2.75) is 0 Å². The van der Waals surface area contributed by atoms with Crippen molar-refractivity contribution in [2.24, 2.45) is 10.8 Å². The van der Waals surface area contributed by atoms with E-state index in [0.29, 0.717) is 24.7 Å². The molecule has 6 heteroatoms. The molecule has 15 heavy (non-hydrogen) atoms. The largest absolute Gasteiger partial charge is 0.383 e. The minimum atomic E-state index is -0.396. The van der Waals surface area contributed by atoms with Crippen molar-refractivity contribution in [2.75, 3.05) is 20.3 Å². The van der Waals surface area contributed by atoms with E-state index in [-0.39, 0.29) is 0 Å². The van der Waals surface area contributed by atoms with E-state index in [1.54, 1.807) is 7.11 Å². The fourth-order valence-electron chi connectivity index (χ4n) is 0.965.